The van der Waals surface area contributed by atoms with Gasteiger partial charge in [-0.15, -0.1) is 11.3 Å². The van der Waals surface area contributed by atoms with Crippen molar-refractivity contribution in [1.82, 2.24) is 0 Å². The molecule has 3 N–H and O–H groups in total. The third-order valence-electron chi connectivity index (χ3n) is 5.74. The molecule has 0 spiro atoms. The molecule has 32 heavy (non-hydrogen) atoms. The molecule has 3 aromatic rings. The Morgan fingerprint density at radius 1 is 1.16 bits per heavy atom. The number of hydrogen-bond acceptors (Lipinski definition) is 6. The largest absolute Gasteiger partial charge is 0.463 e. The second-order valence-corrected chi connectivity index (χ2v) is 9.66. The molecular weight excluding hydrogens is 488 g/mol. The topological polar surface area (TPSA) is 81.4 Å². The number of nitrogens with two attached hydrogens (primary N) is 1. The summed E-state index contributed by atoms with van der Waals surface area (Å²) in [7, 11) is 0. The summed E-state index contributed by atoms with van der Waals surface area (Å²) in [5.74, 6) is -0.560. The number of thiophene rings is 1. The zero-order chi connectivity index (χ0) is 23.0. The molecule has 1 unspecified atom stereocenters. The maximum Gasteiger partial charge on any atom is 0.337 e. The van der Waals surface area contributed by atoms with Crippen molar-refractivity contribution in [3.8, 4) is 0 Å². The van der Waals surface area contributed by atoms with E-state index in [2.05, 4.69) is 21.2 Å². The van der Waals surface area contributed by atoms with Gasteiger partial charge in [0.25, 0.3) is 0 Å². The molecule has 0 aliphatic carbocycles. The summed E-state index contributed by atoms with van der Waals surface area (Å²) in [6.45, 7) is 5.86. The van der Waals surface area contributed by atoms with Crippen molar-refractivity contribution in [2.24, 2.45) is 0 Å². The van der Waals surface area contributed by atoms with Crippen LogP contribution in [0.15, 0.2) is 70.3 Å². The van der Waals surface area contributed by atoms with E-state index in [0.717, 1.165) is 20.6 Å². The van der Waals surface area contributed by atoms with E-state index in [1.807, 2.05) is 56.3 Å². The summed E-state index contributed by atoms with van der Waals surface area (Å²) in [5.41, 5.74) is 9.50. The highest BCUT2D eigenvalue weighted by Gasteiger charge is 2.47. The highest BCUT2D eigenvalue weighted by atomic mass is 79.9. The van der Waals surface area contributed by atoms with Gasteiger partial charge in [-0.05, 0) is 38.5 Å². The molecule has 0 amide bonds. The molecule has 0 saturated heterocycles. The third kappa shape index (κ3) is 3.55. The number of anilines is 2. The Morgan fingerprint density at radius 2 is 1.88 bits per heavy atom. The third-order valence-corrected chi connectivity index (χ3v) is 7.36. The first-order valence-corrected chi connectivity index (χ1v) is 11.8. The number of nitrogen functional groups attached to an aromatic ring is 1. The van der Waals surface area contributed by atoms with Gasteiger partial charge in [0.1, 0.15) is 4.88 Å². The van der Waals surface area contributed by atoms with E-state index in [1.54, 1.807) is 19.1 Å². The number of allylic oxidation sites excluding steroid dienone is 1. The fourth-order valence-corrected chi connectivity index (χ4v) is 5.96. The summed E-state index contributed by atoms with van der Waals surface area (Å²) in [4.78, 5) is 26.9. The van der Waals surface area contributed by atoms with E-state index in [9.17, 15) is 9.59 Å². The van der Waals surface area contributed by atoms with Crippen molar-refractivity contribution >= 4 is 49.7 Å². The van der Waals surface area contributed by atoms with Gasteiger partial charge in [-0.1, -0.05) is 58.4 Å². The Hall–Kier alpha value is -2.90. The SMILES string of the molecule is CCOC(=O)C1=C(C)Nc2sc(C(=O)c3cccc(Br)c3)c(N)c2C1(C)c1ccccc1. The summed E-state index contributed by atoms with van der Waals surface area (Å²) in [5, 5.41) is 4.07. The van der Waals surface area contributed by atoms with E-state index in [0.29, 0.717) is 27.4 Å². The number of fused-ring (bicyclic) bond motifs is 1. The second-order valence-electron chi connectivity index (χ2n) is 7.72. The maximum absolute atomic E-state index is 13.4. The highest BCUT2D eigenvalue weighted by Crippen LogP contribution is 2.54. The van der Waals surface area contributed by atoms with Crippen LogP contribution >= 0.6 is 27.3 Å². The average Bonchev–Trinajstić information content (AvgIpc) is 3.10. The van der Waals surface area contributed by atoms with Gasteiger partial charge in [0.15, 0.2) is 0 Å². The number of ketones is 1. The number of carbonyl (C=O) groups is 2. The molecular formula is C25H23BrN2O3S. The van der Waals surface area contributed by atoms with Crippen LogP contribution in [0.3, 0.4) is 0 Å². The van der Waals surface area contributed by atoms with Crippen LogP contribution in [0.5, 0.6) is 0 Å². The predicted molar refractivity (Wildman–Crippen MR) is 132 cm³/mol. The Bertz CT molecular complexity index is 1250. The average molecular weight is 511 g/mol. The van der Waals surface area contributed by atoms with E-state index in [1.165, 1.54) is 11.3 Å². The molecule has 0 bridgehead atoms. The first kappa shape index (κ1) is 22.3. The minimum Gasteiger partial charge on any atom is -0.463 e. The molecule has 5 nitrogen and oxygen atoms in total. The molecule has 0 radical (unpaired) electrons. The van der Waals surface area contributed by atoms with Gasteiger partial charge >= 0.3 is 5.97 Å². The monoisotopic (exact) mass is 510 g/mol. The second kappa shape index (κ2) is 8.56. The lowest BCUT2D eigenvalue weighted by Gasteiger charge is -2.37. The Labute approximate surface area is 199 Å². The van der Waals surface area contributed by atoms with Gasteiger partial charge in [0.2, 0.25) is 5.78 Å². The summed E-state index contributed by atoms with van der Waals surface area (Å²) in [6.07, 6.45) is 0. The maximum atomic E-state index is 13.4. The van der Waals surface area contributed by atoms with Crippen LogP contribution in [-0.4, -0.2) is 18.4 Å². The van der Waals surface area contributed by atoms with Gasteiger partial charge in [-0.2, -0.15) is 0 Å². The molecule has 1 aliphatic heterocycles. The number of benzene rings is 2. The standard InChI is InChI=1S/C25H23BrN2O3S/c1-4-31-24(30)18-14(2)28-23-19(25(18,3)16-10-6-5-7-11-16)20(27)22(32-23)21(29)15-9-8-12-17(26)13-15/h5-13,28H,4,27H2,1-3H3. The first-order chi connectivity index (χ1) is 15.3. The van der Waals surface area contributed by atoms with E-state index >= 15 is 0 Å². The van der Waals surface area contributed by atoms with Crippen molar-refractivity contribution < 1.29 is 14.3 Å². The summed E-state index contributed by atoms with van der Waals surface area (Å²) >= 11 is 4.73. The van der Waals surface area contributed by atoms with Gasteiger partial charge < -0.3 is 15.8 Å². The summed E-state index contributed by atoms with van der Waals surface area (Å²) < 4.78 is 6.23. The number of rotatable bonds is 5. The molecule has 1 aliphatic rings. The Kier molecular flexibility index (Phi) is 5.97. The van der Waals surface area contributed by atoms with E-state index < -0.39 is 11.4 Å². The van der Waals surface area contributed by atoms with E-state index in [4.69, 9.17) is 10.5 Å². The quantitative estimate of drug-likeness (QED) is 0.330. The lowest BCUT2D eigenvalue weighted by atomic mass is 9.68. The molecule has 2 heterocycles. The molecule has 4 rings (SSSR count). The van der Waals surface area contributed by atoms with Gasteiger partial charge in [0.05, 0.1) is 28.3 Å². The fourth-order valence-electron chi connectivity index (χ4n) is 4.31. The molecule has 2 aromatic carbocycles. The zero-order valence-corrected chi connectivity index (χ0v) is 20.4. The molecule has 1 aromatic heterocycles. The minimum absolute atomic E-state index is 0.157. The van der Waals surface area contributed by atoms with Crippen LogP contribution in [0.4, 0.5) is 10.7 Å². The zero-order valence-electron chi connectivity index (χ0n) is 18.0. The van der Waals surface area contributed by atoms with Crippen LogP contribution in [0.1, 0.15) is 47.1 Å². The number of ether oxygens (including phenoxy) is 1. The van der Waals surface area contributed by atoms with Gasteiger partial charge in [-0.25, -0.2) is 4.79 Å². The van der Waals surface area contributed by atoms with Crippen LogP contribution in [0, 0.1) is 0 Å². The van der Waals surface area contributed by atoms with Gasteiger partial charge in [-0.3, -0.25) is 4.79 Å². The highest BCUT2D eigenvalue weighted by molar-refractivity contribution is 9.10. The molecule has 1 atom stereocenters. The van der Waals surface area contributed by atoms with Crippen molar-refractivity contribution in [3.05, 3.63) is 91.9 Å². The summed E-state index contributed by atoms with van der Waals surface area (Å²) in [6, 6.07) is 16.9. The minimum atomic E-state index is -0.880. The van der Waals surface area contributed by atoms with Crippen LogP contribution in [0.2, 0.25) is 0 Å². The predicted octanol–water partition coefficient (Wildman–Crippen LogP) is 5.89. The van der Waals surface area contributed by atoms with Gasteiger partial charge in [0, 0.05) is 21.3 Å². The molecule has 0 saturated carbocycles. The Balaban J connectivity index is 1.94. The number of halogens is 1. The number of esters is 1. The van der Waals surface area contributed by atoms with Crippen LogP contribution in [-0.2, 0) is 14.9 Å². The number of nitrogens with one attached hydrogen (secondary N) is 1. The van der Waals surface area contributed by atoms with Crippen molar-refractivity contribution in [2.75, 3.05) is 17.7 Å². The van der Waals surface area contributed by atoms with E-state index in [-0.39, 0.29) is 12.4 Å². The number of hydrogen-bond donors (Lipinski definition) is 2. The smallest absolute Gasteiger partial charge is 0.337 e. The van der Waals surface area contributed by atoms with Crippen molar-refractivity contribution in [3.63, 3.8) is 0 Å². The first-order valence-electron chi connectivity index (χ1n) is 10.2. The van der Waals surface area contributed by atoms with Crippen LogP contribution < -0.4 is 11.1 Å². The number of carbonyl (C=O) groups excluding carboxylic acids is 2. The van der Waals surface area contributed by atoms with Crippen molar-refractivity contribution in [1.29, 1.82) is 0 Å². The van der Waals surface area contributed by atoms with Crippen LogP contribution in [0.25, 0.3) is 0 Å². The molecule has 0 fully saturated rings. The Morgan fingerprint density at radius 3 is 2.53 bits per heavy atom. The lowest BCUT2D eigenvalue weighted by molar-refractivity contribution is -0.139. The lowest BCUT2D eigenvalue weighted by Crippen LogP contribution is -2.37. The normalized spacial score (nSPS) is 17.5. The fraction of sp³-hybridized carbons (Fsp3) is 0.200. The molecule has 7 heteroatoms. The van der Waals surface area contributed by atoms with Crippen molar-refractivity contribution in [2.45, 2.75) is 26.2 Å². The molecule has 164 valence electrons.